The predicted molar refractivity (Wildman–Crippen MR) is 104 cm³/mol. The molecule has 2 N–H and O–H groups in total. The monoisotopic (exact) mass is 364 g/mol. The third-order valence-corrected chi connectivity index (χ3v) is 6.81. The number of hydrogen-bond acceptors (Lipinski definition) is 4. The van der Waals surface area contributed by atoms with Gasteiger partial charge in [0.15, 0.2) is 0 Å². The molecule has 4 nitrogen and oxygen atoms in total. The van der Waals surface area contributed by atoms with Crippen molar-refractivity contribution in [2.45, 2.75) is 85.9 Å². The van der Waals surface area contributed by atoms with Gasteiger partial charge in [0.05, 0.1) is 6.61 Å². The Bertz CT molecular complexity index is 601. The molecule has 4 heteroatoms. The number of fused-ring (bicyclic) bond motifs is 1. The average Bonchev–Trinajstić information content (AvgIpc) is 2.51. The molecule has 0 heterocycles. The molecule has 0 bridgehead atoms. The Morgan fingerprint density at radius 2 is 1.92 bits per heavy atom. The fourth-order valence-electron chi connectivity index (χ4n) is 5.68. The summed E-state index contributed by atoms with van der Waals surface area (Å²) >= 11 is 0. The lowest BCUT2D eigenvalue weighted by atomic mass is 9.48. The fourth-order valence-corrected chi connectivity index (χ4v) is 5.68. The van der Waals surface area contributed by atoms with Crippen LogP contribution in [0, 0.1) is 16.7 Å². The Labute approximate surface area is 158 Å². The normalized spacial score (nSPS) is 34.5. The minimum Gasteiger partial charge on any atom is -0.459 e. The van der Waals surface area contributed by atoms with Crippen LogP contribution < -0.4 is 0 Å². The first kappa shape index (κ1) is 21.2. The van der Waals surface area contributed by atoms with Crippen molar-refractivity contribution in [2.75, 3.05) is 6.61 Å². The van der Waals surface area contributed by atoms with Crippen LogP contribution in [-0.2, 0) is 9.53 Å². The molecule has 148 valence electrons. The molecular weight excluding hydrogens is 328 g/mol. The van der Waals surface area contributed by atoms with Gasteiger partial charge in [0.1, 0.15) is 12.2 Å². The number of allylic oxidation sites excluding steroid dienone is 2. The highest BCUT2D eigenvalue weighted by atomic mass is 16.6. The quantitative estimate of drug-likeness (QED) is 0.568. The zero-order chi connectivity index (χ0) is 19.7. The highest BCUT2D eigenvalue weighted by Crippen LogP contribution is 2.61. The second-order valence-electron chi connectivity index (χ2n) is 9.15. The van der Waals surface area contributed by atoms with E-state index in [1.54, 1.807) is 0 Å². The van der Waals surface area contributed by atoms with E-state index < -0.39 is 12.2 Å². The van der Waals surface area contributed by atoms with Gasteiger partial charge < -0.3 is 14.9 Å². The summed E-state index contributed by atoms with van der Waals surface area (Å²) in [5, 5.41) is 20.1. The van der Waals surface area contributed by atoms with Crippen molar-refractivity contribution in [3.63, 3.8) is 0 Å². The smallest absolute Gasteiger partial charge is 0.303 e. The Morgan fingerprint density at radius 1 is 1.27 bits per heavy atom. The molecule has 1 unspecified atom stereocenters. The van der Waals surface area contributed by atoms with E-state index in [1.807, 2.05) is 19.9 Å². The molecule has 1 fully saturated rings. The third-order valence-electron chi connectivity index (χ3n) is 6.81. The van der Waals surface area contributed by atoms with Crippen molar-refractivity contribution >= 4 is 5.97 Å². The van der Waals surface area contributed by atoms with Gasteiger partial charge in [-0.3, -0.25) is 4.79 Å². The van der Waals surface area contributed by atoms with Crippen molar-refractivity contribution in [1.29, 1.82) is 0 Å². The molecule has 0 aromatic heterocycles. The van der Waals surface area contributed by atoms with Crippen molar-refractivity contribution in [3.05, 3.63) is 22.8 Å². The maximum Gasteiger partial charge on any atom is 0.303 e. The van der Waals surface area contributed by atoms with Gasteiger partial charge in [-0.2, -0.15) is 0 Å². The molecule has 2 aliphatic carbocycles. The number of hydrogen-bond donors (Lipinski definition) is 2. The first-order valence-electron chi connectivity index (χ1n) is 9.86. The highest BCUT2D eigenvalue weighted by Gasteiger charge is 2.57. The highest BCUT2D eigenvalue weighted by molar-refractivity contribution is 5.66. The summed E-state index contributed by atoms with van der Waals surface area (Å²) in [6.45, 7) is 12.3. The van der Waals surface area contributed by atoms with Gasteiger partial charge in [-0.05, 0) is 55.9 Å². The van der Waals surface area contributed by atoms with E-state index >= 15 is 0 Å². The van der Waals surface area contributed by atoms with Gasteiger partial charge in [-0.25, -0.2) is 0 Å². The van der Waals surface area contributed by atoms with E-state index in [4.69, 9.17) is 9.84 Å². The van der Waals surface area contributed by atoms with Crippen LogP contribution in [0.15, 0.2) is 22.8 Å². The van der Waals surface area contributed by atoms with Crippen LogP contribution in [0.4, 0.5) is 0 Å². The van der Waals surface area contributed by atoms with Crippen LogP contribution in [0.25, 0.3) is 0 Å². The number of aliphatic hydroxyl groups is 2. The van der Waals surface area contributed by atoms with Gasteiger partial charge in [-0.1, -0.05) is 44.4 Å². The Kier molecular flexibility index (Phi) is 6.40. The average molecular weight is 365 g/mol. The molecule has 4 atom stereocenters. The lowest BCUT2D eigenvalue weighted by Gasteiger charge is -2.58. The lowest BCUT2D eigenvalue weighted by molar-refractivity contribution is -0.173. The number of carbonyl (C=O) groups is 1. The molecule has 0 radical (unpaired) electrons. The molecule has 0 spiro atoms. The van der Waals surface area contributed by atoms with E-state index in [0.717, 1.165) is 37.7 Å². The van der Waals surface area contributed by atoms with Gasteiger partial charge in [0.25, 0.3) is 0 Å². The fraction of sp³-hybridized carbons (Fsp3) is 0.773. The molecule has 26 heavy (non-hydrogen) atoms. The maximum absolute atomic E-state index is 11.7. The van der Waals surface area contributed by atoms with Gasteiger partial charge in [-0.15, -0.1) is 0 Å². The first-order valence-corrected chi connectivity index (χ1v) is 9.86. The van der Waals surface area contributed by atoms with Crippen LogP contribution in [0.1, 0.15) is 73.6 Å². The molecule has 1 saturated carbocycles. The second kappa shape index (κ2) is 7.85. The van der Waals surface area contributed by atoms with Crippen LogP contribution in [0.2, 0.25) is 0 Å². The van der Waals surface area contributed by atoms with Crippen molar-refractivity contribution in [3.8, 4) is 0 Å². The van der Waals surface area contributed by atoms with Gasteiger partial charge in [0.2, 0.25) is 0 Å². The lowest BCUT2D eigenvalue weighted by Crippen LogP contribution is -2.57. The summed E-state index contributed by atoms with van der Waals surface area (Å²) in [7, 11) is 0. The van der Waals surface area contributed by atoms with Crippen LogP contribution >= 0.6 is 0 Å². The number of ether oxygens (including phenoxy) is 1. The standard InChI is InChI=1S/C22H36O4/c1-14(10-13-23)8-9-17-15(2)18(25)19(26-16(3)24)20-21(4,5)11-7-12-22(17,20)6/h10,18-20,23,25H,7-9,11-13H2,1-6H3/b14-10+/t18-,19+,20?,22+/m0/s1. The van der Waals surface area contributed by atoms with E-state index in [-0.39, 0.29) is 29.3 Å². The van der Waals surface area contributed by atoms with Crippen molar-refractivity contribution in [2.24, 2.45) is 16.7 Å². The zero-order valence-corrected chi connectivity index (χ0v) is 17.3. The van der Waals surface area contributed by atoms with Gasteiger partial charge in [0, 0.05) is 12.8 Å². The minimum atomic E-state index is -0.744. The molecule has 0 amide bonds. The molecular formula is C22H36O4. The van der Waals surface area contributed by atoms with Crippen molar-refractivity contribution < 1.29 is 19.7 Å². The zero-order valence-electron chi connectivity index (χ0n) is 17.3. The maximum atomic E-state index is 11.7. The number of aliphatic hydroxyl groups excluding tert-OH is 2. The summed E-state index contributed by atoms with van der Waals surface area (Å²) in [5.41, 5.74) is 3.36. The van der Waals surface area contributed by atoms with Crippen LogP contribution in [0.5, 0.6) is 0 Å². The number of esters is 1. The summed E-state index contributed by atoms with van der Waals surface area (Å²) in [6, 6.07) is 0. The predicted octanol–water partition coefficient (Wildman–Crippen LogP) is 4.16. The Hall–Kier alpha value is -1.13. The molecule has 0 aliphatic heterocycles. The molecule has 2 aliphatic rings. The molecule has 0 saturated heterocycles. The van der Waals surface area contributed by atoms with E-state index in [1.165, 1.54) is 18.1 Å². The molecule has 2 rings (SSSR count). The first-order chi connectivity index (χ1) is 12.0. The van der Waals surface area contributed by atoms with E-state index in [9.17, 15) is 9.90 Å². The van der Waals surface area contributed by atoms with Gasteiger partial charge >= 0.3 is 5.97 Å². The topological polar surface area (TPSA) is 66.8 Å². The van der Waals surface area contributed by atoms with Crippen LogP contribution in [0.3, 0.4) is 0 Å². The Balaban J connectivity index is 2.48. The largest absolute Gasteiger partial charge is 0.459 e. The third kappa shape index (κ3) is 3.91. The Morgan fingerprint density at radius 3 is 2.50 bits per heavy atom. The summed E-state index contributed by atoms with van der Waals surface area (Å²) < 4.78 is 5.69. The molecule has 0 aromatic rings. The summed E-state index contributed by atoms with van der Waals surface area (Å²) in [5.74, 6) is -0.223. The van der Waals surface area contributed by atoms with Crippen LogP contribution in [-0.4, -0.2) is 35.0 Å². The molecule has 0 aromatic carbocycles. The van der Waals surface area contributed by atoms with E-state index in [2.05, 4.69) is 20.8 Å². The van der Waals surface area contributed by atoms with Crippen molar-refractivity contribution in [1.82, 2.24) is 0 Å². The number of carbonyl (C=O) groups excluding carboxylic acids is 1. The SMILES string of the molecule is CC(=O)O[C@H]1C2C(C)(C)CCC[C@]2(C)C(CC/C(C)=C/CO)=C(C)[C@@H]1O. The summed E-state index contributed by atoms with van der Waals surface area (Å²) in [4.78, 5) is 11.7. The number of rotatable bonds is 5. The minimum absolute atomic E-state index is 0.00394. The van der Waals surface area contributed by atoms with E-state index in [0.29, 0.717) is 0 Å². The second-order valence-corrected chi connectivity index (χ2v) is 9.15. The summed E-state index contributed by atoms with van der Waals surface area (Å²) in [6.07, 6.45) is 5.65.